The first-order valence-corrected chi connectivity index (χ1v) is 14.4. The average molecular weight is 575 g/mol. The first-order valence-electron chi connectivity index (χ1n) is 13.0. The molecular weight excluding hydrogens is 536 g/mol. The van der Waals surface area contributed by atoms with Gasteiger partial charge in [0.1, 0.15) is 36.5 Å². The Labute approximate surface area is 232 Å². The summed E-state index contributed by atoms with van der Waals surface area (Å²) in [4.78, 5) is 27.3. The smallest absolute Gasteiger partial charge is 0.338 e. The van der Waals surface area contributed by atoms with E-state index in [1.54, 1.807) is 18.2 Å². The number of halogens is 1. The normalized spacial score (nSPS) is 31.5. The Balaban J connectivity index is 1.59. The molecule has 0 spiro atoms. The Kier molecular flexibility index (Phi) is 11.7. The second kappa shape index (κ2) is 14.3. The maximum absolute atomic E-state index is 13.1. The largest absolute Gasteiger partial charge is 0.461 e. The number of hydrogen-bond donors (Lipinski definition) is 5. The van der Waals surface area contributed by atoms with Gasteiger partial charge in [-0.3, -0.25) is 9.69 Å². The number of likely N-dealkylation sites (tertiary alicyclic amines) is 1. The van der Waals surface area contributed by atoms with Crippen LogP contribution in [-0.2, 0) is 14.3 Å². The van der Waals surface area contributed by atoms with Crippen LogP contribution in [0.2, 0.25) is 5.02 Å². The van der Waals surface area contributed by atoms with Crippen LogP contribution in [0.3, 0.4) is 0 Å². The van der Waals surface area contributed by atoms with Gasteiger partial charge >= 0.3 is 5.97 Å². The minimum absolute atomic E-state index is 0.00455. The van der Waals surface area contributed by atoms with Crippen molar-refractivity contribution in [2.75, 3.05) is 26.0 Å². The molecule has 0 aromatic heterocycles. The van der Waals surface area contributed by atoms with E-state index >= 15 is 0 Å². The lowest BCUT2D eigenvalue weighted by Crippen LogP contribution is -2.65. The van der Waals surface area contributed by atoms with E-state index < -0.39 is 48.0 Å². The van der Waals surface area contributed by atoms with Crippen LogP contribution in [0.25, 0.3) is 0 Å². The van der Waals surface area contributed by atoms with Crippen molar-refractivity contribution in [3.05, 3.63) is 34.9 Å². The second-order valence-electron chi connectivity index (χ2n) is 10.1. The van der Waals surface area contributed by atoms with Crippen LogP contribution in [0.15, 0.2) is 24.3 Å². The minimum Gasteiger partial charge on any atom is -0.461 e. The van der Waals surface area contributed by atoms with Crippen molar-refractivity contribution in [2.45, 2.75) is 81.1 Å². The van der Waals surface area contributed by atoms with Gasteiger partial charge in [0, 0.05) is 17.3 Å². The Morgan fingerprint density at radius 3 is 2.66 bits per heavy atom. The van der Waals surface area contributed by atoms with Gasteiger partial charge in [-0.15, -0.1) is 11.8 Å². The molecule has 5 N–H and O–H groups in total. The molecule has 9 atom stereocenters. The highest BCUT2D eigenvalue weighted by Crippen LogP contribution is 2.31. The number of ether oxygens (including phenoxy) is 2. The highest BCUT2D eigenvalue weighted by molar-refractivity contribution is 7.99. The van der Waals surface area contributed by atoms with E-state index in [-0.39, 0.29) is 24.3 Å². The molecule has 10 nitrogen and oxygen atoms in total. The molecule has 0 bridgehead atoms. The monoisotopic (exact) mass is 574 g/mol. The molecule has 1 aromatic carbocycles. The minimum atomic E-state index is -1.57. The van der Waals surface area contributed by atoms with Gasteiger partial charge < -0.3 is 35.2 Å². The van der Waals surface area contributed by atoms with Crippen molar-refractivity contribution in [1.82, 2.24) is 10.2 Å². The van der Waals surface area contributed by atoms with Gasteiger partial charge in [-0.1, -0.05) is 31.0 Å². The summed E-state index contributed by atoms with van der Waals surface area (Å²) in [5, 5.41) is 45.4. The van der Waals surface area contributed by atoms with Gasteiger partial charge in [0.15, 0.2) is 0 Å². The van der Waals surface area contributed by atoms with Crippen LogP contribution < -0.4 is 5.32 Å². The molecule has 0 aliphatic carbocycles. The zero-order chi connectivity index (χ0) is 28.0. The number of nitrogens with one attached hydrogen (secondary N) is 1. The summed E-state index contributed by atoms with van der Waals surface area (Å²) >= 11 is 6.99. The predicted octanol–water partition coefficient (Wildman–Crippen LogP) is 1.02. The SMILES string of the molecule is CCC[C@@H]1C[C@@H](C(=O)N[C@@H]([C@H]2O[C@H](SCCOC(=O)c3cccc(Cl)c3)[C@H](O)[C@@H](O)[C@H]2O)[C@@H](C)O)N(C)C1. The van der Waals surface area contributed by atoms with Crippen LogP contribution in [-0.4, -0.2) is 111 Å². The molecule has 0 unspecified atom stereocenters. The molecule has 2 heterocycles. The summed E-state index contributed by atoms with van der Waals surface area (Å²) in [6, 6.07) is 4.95. The molecule has 2 aliphatic heterocycles. The van der Waals surface area contributed by atoms with Gasteiger partial charge in [0.25, 0.3) is 0 Å². The molecule has 2 saturated heterocycles. The summed E-state index contributed by atoms with van der Waals surface area (Å²) in [5.41, 5.74) is -0.691. The van der Waals surface area contributed by atoms with Crippen molar-refractivity contribution in [3.8, 4) is 0 Å². The number of aliphatic hydroxyl groups excluding tert-OH is 4. The molecule has 1 amide bonds. The molecule has 12 heteroatoms. The van der Waals surface area contributed by atoms with Crippen LogP contribution in [0.4, 0.5) is 0 Å². The van der Waals surface area contributed by atoms with Gasteiger partial charge in [-0.2, -0.15) is 0 Å². The number of rotatable bonds is 11. The van der Waals surface area contributed by atoms with Gasteiger partial charge in [0.2, 0.25) is 5.91 Å². The van der Waals surface area contributed by atoms with Crippen molar-refractivity contribution in [1.29, 1.82) is 0 Å². The number of likely N-dealkylation sites (N-methyl/N-ethyl adjacent to an activating group) is 1. The van der Waals surface area contributed by atoms with E-state index in [9.17, 15) is 30.0 Å². The van der Waals surface area contributed by atoms with Gasteiger partial charge in [-0.25, -0.2) is 4.79 Å². The topological polar surface area (TPSA) is 149 Å². The Bertz CT molecular complexity index is 940. The lowest BCUT2D eigenvalue weighted by Gasteiger charge is -2.44. The number of aliphatic hydroxyl groups is 4. The van der Waals surface area contributed by atoms with E-state index in [0.717, 1.165) is 31.1 Å². The molecule has 1 aromatic rings. The molecule has 0 saturated carbocycles. The third kappa shape index (κ3) is 7.82. The number of benzene rings is 1. The molecule has 0 radical (unpaired) electrons. The van der Waals surface area contributed by atoms with Crippen molar-refractivity contribution < 1.29 is 39.5 Å². The summed E-state index contributed by atoms with van der Waals surface area (Å²) in [7, 11) is 1.88. The van der Waals surface area contributed by atoms with Crippen LogP contribution in [0.5, 0.6) is 0 Å². The standard InChI is InChI=1S/C26H39ClN2O8S/c1-4-6-15-11-18(29(3)13-15)24(34)28-19(14(2)30)23-21(32)20(31)22(33)26(37-23)38-10-9-36-25(35)16-7-5-8-17(27)12-16/h5,7-8,12,14-15,18-23,26,30-33H,4,6,9-11,13H2,1-3H3,(H,28,34)/t14-,15-,18+,19-,20+,21-,22-,23-,26-/m1/s1. The number of thioether (sulfide) groups is 1. The van der Waals surface area contributed by atoms with E-state index in [1.165, 1.54) is 13.0 Å². The maximum atomic E-state index is 13.1. The fraction of sp³-hybridized carbons (Fsp3) is 0.692. The number of carbonyl (C=O) groups excluding carboxylic acids is 2. The number of hydrogen-bond acceptors (Lipinski definition) is 10. The van der Waals surface area contributed by atoms with Crippen LogP contribution in [0.1, 0.15) is 43.5 Å². The second-order valence-corrected chi connectivity index (χ2v) is 11.7. The maximum Gasteiger partial charge on any atom is 0.338 e. The highest BCUT2D eigenvalue weighted by atomic mass is 35.5. The first-order chi connectivity index (χ1) is 18.0. The fourth-order valence-electron chi connectivity index (χ4n) is 5.07. The van der Waals surface area contributed by atoms with E-state index in [4.69, 9.17) is 21.1 Å². The number of amides is 1. The molecule has 2 aliphatic rings. The van der Waals surface area contributed by atoms with Crippen molar-refractivity contribution in [3.63, 3.8) is 0 Å². The third-order valence-corrected chi connectivity index (χ3v) is 8.44. The Morgan fingerprint density at radius 1 is 1.26 bits per heavy atom. The summed E-state index contributed by atoms with van der Waals surface area (Å²) in [6.45, 7) is 4.37. The lowest BCUT2D eigenvalue weighted by molar-refractivity contribution is -0.211. The molecule has 38 heavy (non-hydrogen) atoms. The first kappa shape index (κ1) is 31.1. The quantitative estimate of drug-likeness (QED) is 0.192. The van der Waals surface area contributed by atoms with Gasteiger partial charge in [0.05, 0.1) is 23.8 Å². The van der Waals surface area contributed by atoms with E-state index in [2.05, 4.69) is 12.2 Å². The zero-order valence-corrected chi connectivity index (χ0v) is 23.5. The molecule has 2 fully saturated rings. The predicted molar refractivity (Wildman–Crippen MR) is 144 cm³/mol. The summed E-state index contributed by atoms with van der Waals surface area (Å²) in [5.74, 6) is -0.207. The van der Waals surface area contributed by atoms with E-state index in [1.807, 2.05) is 11.9 Å². The van der Waals surface area contributed by atoms with Crippen LogP contribution in [0, 0.1) is 5.92 Å². The summed E-state index contributed by atoms with van der Waals surface area (Å²) < 4.78 is 11.2. The Hall–Kier alpha value is -1.44. The van der Waals surface area contributed by atoms with Crippen molar-refractivity contribution >= 4 is 35.2 Å². The zero-order valence-electron chi connectivity index (χ0n) is 21.9. The third-order valence-electron chi connectivity index (χ3n) is 7.08. The number of carbonyl (C=O) groups is 2. The number of nitrogens with zero attached hydrogens (tertiary/aromatic N) is 1. The molecular formula is C26H39ClN2O8S. The average Bonchev–Trinajstić information content (AvgIpc) is 3.25. The van der Waals surface area contributed by atoms with E-state index in [0.29, 0.717) is 22.9 Å². The summed E-state index contributed by atoms with van der Waals surface area (Å²) in [6.07, 6.45) is -4.08. The van der Waals surface area contributed by atoms with Crippen LogP contribution >= 0.6 is 23.4 Å². The molecule has 214 valence electrons. The molecule has 3 rings (SSSR count). The van der Waals surface area contributed by atoms with Gasteiger partial charge in [-0.05, 0) is 50.9 Å². The number of esters is 1. The fourth-order valence-corrected chi connectivity index (χ4v) is 6.24. The highest BCUT2D eigenvalue weighted by Gasteiger charge is 2.48. The lowest BCUT2D eigenvalue weighted by atomic mass is 9.92. The Morgan fingerprint density at radius 2 is 2.00 bits per heavy atom. The van der Waals surface area contributed by atoms with Crippen molar-refractivity contribution in [2.24, 2.45) is 5.92 Å².